The van der Waals surface area contributed by atoms with Crippen molar-refractivity contribution >= 4 is 76.1 Å². The predicted molar refractivity (Wildman–Crippen MR) is 264 cm³/mol. The Balaban J connectivity index is 1.71. The number of guanidine groups is 1. The molecule has 0 saturated carbocycles. The fourth-order valence-electron chi connectivity index (χ4n) is 7.81. The van der Waals surface area contributed by atoms with Crippen LogP contribution >= 0.6 is 0 Å². The first-order chi connectivity index (χ1) is 34.3. The Kier molecular flexibility index (Phi) is 22.2. The molecule has 1 aliphatic heterocycles. The maximum atomic E-state index is 14.4. The van der Waals surface area contributed by atoms with Crippen LogP contribution in [-0.2, 0) is 56.0 Å². The Bertz CT molecular complexity index is 2430. The second-order valence-corrected chi connectivity index (χ2v) is 17.4. The standard InChI is InChI=1S/C47H67N15O10/c1-26-40(66)60-35(22-28-12-4-3-5-13-28)44(70)59-34(18-11-21-54-47(51)72)42(68)61-36(23-29-25-55-31-15-7-6-14-30(29)31)45(71)58-32(39(48)65)16-8-9-19-52-38(64)24-37(43(69)56-26)62-41(67)33(57-27(2)63)17-10-20-53-46(49)50/h3-7,12-15,25-26,32-37,55H,8-11,16-24H2,1-2H3,(H2,48,65)(H,52,64)(H,56,69)(H,57,63)(H,58,71)(H,59,70)(H,60,66)(H,61,68)(H,62,67)(H4,49,50,53)(H3,51,54,72). The summed E-state index contributed by atoms with van der Waals surface area (Å²) in [5.74, 6) is -7.40. The first kappa shape index (κ1) is 56.3. The Morgan fingerprint density at radius 1 is 0.750 bits per heavy atom. The number of aromatic nitrogens is 1. The summed E-state index contributed by atoms with van der Waals surface area (Å²) < 4.78 is 0. The van der Waals surface area contributed by atoms with Crippen molar-refractivity contribution in [2.75, 3.05) is 19.6 Å². The number of aliphatic imine (C=N–C) groups is 1. The van der Waals surface area contributed by atoms with Crippen LogP contribution in [0, 0.1) is 0 Å². The summed E-state index contributed by atoms with van der Waals surface area (Å²) in [6.07, 6.45) is 1.70. The number of hydrogen-bond donors (Lipinski definition) is 14. The van der Waals surface area contributed by atoms with Crippen LogP contribution in [0.3, 0.4) is 0 Å². The highest BCUT2D eigenvalue weighted by molar-refractivity contribution is 5.99. The largest absolute Gasteiger partial charge is 0.370 e. The first-order valence-corrected chi connectivity index (χ1v) is 23.6. The lowest BCUT2D eigenvalue weighted by Crippen LogP contribution is -2.60. The van der Waals surface area contributed by atoms with Gasteiger partial charge in [0.05, 0.1) is 6.42 Å². The van der Waals surface area contributed by atoms with Crippen LogP contribution in [0.2, 0.25) is 0 Å². The van der Waals surface area contributed by atoms with Gasteiger partial charge in [-0.1, -0.05) is 48.5 Å². The van der Waals surface area contributed by atoms with E-state index in [4.69, 9.17) is 22.9 Å². The van der Waals surface area contributed by atoms with Crippen LogP contribution < -0.4 is 70.8 Å². The maximum absolute atomic E-state index is 14.4. The summed E-state index contributed by atoms with van der Waals surface area (Å²) in [6.45, 7) is 2.66. The maximum Gasteiger partial charge on any atom is 0.312 e. The fraction of sp³-hybridized carbons (Fsp3) is 0.468. The average molecular weight is 1000 g/mol. The van der Waals surface area contributed by atoms with Crippen LogP contribution in [0.5, 0.6) is 0 Å². The van der Waals surface area contributed by atoms with E-state index in [2.05, 4.69) is 57.8 Å². The van der Waals surface area contributed by atoms with Gasteiger partial charge in [-0.2, -0.15) is 0 Å². The zero-order chi connectivity index (χ0) is 52.7. The number of para-hydroxylation sites is 1. The van der Waals surface area contributed by atoms with E-state index in [-0.39, 0.29) is 83.4 Å². The van der Waals surface area contributed by atoms with E-state index in [1.807, 2.05) is 18.2 Å². The van der Waals surface area contributed by atoms with Gasteiger partial charge in [-0.15, -0.1) is 0 Å². The molecule has 7 unspecified atom stereocenters. The number of nitrogens with two attached hydrogens (primary N) is 4. The van der Waals surface area contributed by atoms with Crippen molar-refractivity contribution in [2.24, 2.45) is 27.9 Å². The topological polar surface area (TPSA) is 411 Å². The molecule has 3 aromatic rings. The van der Waals surface area contributed by atoms with E-state index >= 15 is 0 Å². The third-order valence-electron chi connectivity index (χ3n) is 11.6. The number of primary amides is 2. The van der Waals surface area contributed by atoms with Crippen molar-refractivity contribution in [3.63, 3.8) is 0 Å². The van der Waals surface area contributed by atoms with Crippen molar-refractivity contribution in [3.05, 3.63) is 71.9 Å². The second-order valence-electron chi connectivity index (χ2n) is 17.4. The fourth-order valence-corrected chi connectivity index (χ4v) is 7.81. The Hall–Kier alpha value is -8.25. The van der Waals surface area contributed by atoms with Crippen molar-refractivity contribution in [1.29, 1.82) is 0 Å². The van der Waals surface area contributed by atoms with E-state index in [9.17, 15) is 47.9 Å². The number of carbonyl (C=O) groups is 10. The molecular weight excluding hydrogens is 935 g/mol. The van der Waals surface area contributed by atoms with Gasteiger partial charge in [0.2, 0.25) is 53.2 Å². The van der Waals surface area contributed by atoms with E-state index in [1.165, 1.54) is 13.8 Å². The van der Waals surface area contributed by atoms with Crippen molar-refractivity contribution in [2.45, 2.75) is 120 Å². The van der Waals surface area contributed by atoms with E-state index in [0.29, 0.717) is 11.1 Å². The van der Waals surface area contributed by atoms with E-state index in [0.717, 1.165) is 10.9 Å². The lowest BCUT2D eigenvalue weighted by molar-refractivity contribution is -0.136. The zero-order valence-corrected chi connectivity index (χ0v) is 40.3. The number of amides is 11. The van der Waals surface area contributed by atoms with Gasteiger partial charge in [-0.05, 0) is 69.1 Å². The number of aromatic amines is 1. The number of nitrogens with zero attached hydrogens (tertiary/aromatic N) is 1. The Labute approximate surface area is 415 Å². The van der Waals surface area contributed by atoms with Crippen LogP contribution in [0.1, 0.15) is 76.3 Å². The molecule has 18 N–H and O–H groups in total. The second kappa shape index (κ2) is 28.4. The molecule has 1 aliphatic rings. The number of benzene rings is 2. The van der Waals surface area contributed by atoms with Gasteiger partial charge in [0.25, 0.3) is 0 Å². The molecule has 0 spiro atoms. The molecule has 2 aromatic carbocycles. The summed E-state index contributed by atoms with van der Waals surface area (Å²) in [7, 11) is 0. The smallest absolute Gasteiger partial charge is 0.312 e. The number of fused-ring (bicyclic) bond motifs is 1. The molecule has 7 atom stereocenters. The third-order valence-corrected chi connectivity index (χ3v) is 11.6. The number of nitrogens with one attached hydrogen (secondary N) is 10. The summed E-state index contributed by atoms with van der Waals surface area (Å²) in [6, 6.07) is 5.53. The van der Waals surface area contributed by atoms with Crippen molar-refractivity contribution in [1.82, 2.24) is 52.8 Å². The number of hydrogen-bond acceptors (Lipinski definition) is 11. The molecular formula is C47H67N15O10. The van der Waals surface area contributed by atoms with Crippen LogP contribution in [0.4, 0.5) is 4.79 Å². The minimum Gasteiger partial charge on any atom is -0.370 e. The summed E-state index contributed by atoms with van der Waals surface area (Å²) >= 11 is 0. The van der Waals surface area contributed by atoms with Gasteiger partial charge in [0, 0.05) is 56.5 Å². The molecule has 2 heterocycles. The normalized spacial score (nSPS) is 21.5. The number of urea groups is 1. The summed E-state index contributed by atoms with van der Waals surface area (Å²) in [5, 5.41) is 24.1. The molecule has 4 rings (SSSR count). The van der Waals surface area contributed by atoms with Gasteiger partial charge < -0.3 is 75.8 Å². The molecule has 25 nitrogen and oxygen atoms in total. The van der Waals surface area contributed by atoms with Crippen LogP contribution in [0.15, 0.2) is 65.8 Å². The third kappa shape index (κ3) is 18.9. The lowest BCUT2D eigenvalue weighted by atomic mass is 10.0. The molecule has 25 heteroatoms. The number of rotatable bonds is 16. The quantitative estimate of drug-likeness (QED) is 0.0390. The van der Waals surface area contributed by atoms with Crippen molar-refractivity contribution < 1.29 is 47.9 Å². The van der Waals surface area contributed by atoms with Gasteiger partial charge in [-0.25, -0.2) is 4.79 Å². The summed E-state index contributed by atoms with van der Waals surface area (Å²) in [4.78, 5) is 141. The highest BCUT2D eigenvalue weighted by Gasteiger charge is 2.34. The van der Waals surface area contributed by atoms with E-state index < -0.39 is 108 Å². The SMILES string of the molecule is CC(=O)NC(CCCN=C(N)N)C(=O)NC1CC(=O)NCCCCC(C(N)=O)NC(=O)C(Cc2c[nH]c3ccccc23)NC(=O)C(CCCNC(N)=O)NC(=O)C(Cc2ccccc2)NC(=O)C(C)NC1=O. The van der Waals surface area contributed by atoms with Crippen LogP contribution in [-0.4, -0.2) is 132 Å². The molecule has 1 fully saturated rings. The lowest BCUT2D eigenvalue weighted by Gasteiger charge is -2.27. The zero-order valence-electron chi connectivity index (χ0n) is 40.3. The molecule has 0 radical (unpaired) electrons. The van der Waals surface area contributed by atoms with Gasteiger partial charge in [0.15, 0.2) is 5.96 Å². The number of carbonyl (C=O) groups excluding carboxylic acids is 10. The highest BCUT2D eigenvalue weighted by Crippen LogP contribution is 2.20. The molecule has 72 heavy (non-hydrogen) atoms. The number of H-pyrrole nitrogens is 1. The molecule has 1 saturated heterocycles. The molecule has 11 amide bonds. The minimum absolute atomic E-state index is 0.00576. The average Bonchev–Trinajstić information content (AvgIpc) is 3.74. The van der Waals surface area contributed by atoms with Gasteiger partial charge >= 0.3 is 6.03 Å². The predicted octanol–water partition coefficient (Wildman–Crippen LogP) is -2.94. The monoisotopic (exact) mass is 1000 g/mol. The Morgan fingerprint density at radius 3 is 2.10 bits per heavy atom. The molecule has 0 aliphatic carbocycles. The molecule has 1 aromatic heterocycles. The highest BCUT2D eigenvalue weighted by atomic mass is 16.2. The Morgan fingerprint density at radius 2 is 1.40 bits per heavy atom. The van der Waals surface area contributed by atoms with E-state index in [1.54, 1.807) is 42.6 Å². The van der Waals surface area contributed by atoms with Gasteiger partial charge in [-0.3, -0.25) is 48.1 Å². The van der Waals surface area contributed by atoms with Crippen molar-refractivity contribution in [3.8, 4) is 0 Å². The minimum atomic E-state index is -1.60. The molecule has 0 bridgehead atoms. The van der Waals surface area contributed by atoms with Gasteiger partial charge in [0.1, 0.15) is 42.3 Å². The summed E-state index contributed by atoms with van der Waals surface area (Å²) in [5.41, 5.74) is 23.8. The van der Waals surface area contributed by atoms with Crippen LogP contribution in [0.25, 0.3) is 10.9 Å². The molecule has 390 valence electrons. The first-order valence-electron chi connectivity index (χ1n) is 23.6.